The monoisotopic (exact) mass is 211 g/mol. The lowest BCUT2D eigenvalue weighted by atomic mass is 9.96. The Balaban J connectivity index is 3.77. The largest absolute Gasteiger partial charge is 0.300 e. The van der Waals surface area contributed by atoms with E-state index in [2.05, 4.69) is 25.7 Å². The maximum absolute atomic E-state index is 5.68. The Hall–Kier alpha value is 0.540. The molecule has 0 bridgehead atoms. The van der Waals surface area contributed by atoms with Gasteiger partial charge in [0.15, 0.2) is 0 Å². The van der Waals surface area contributed by atoms with Crippen molar-refractivity contribution in [3.8, 4) is 0 Å². The molecule has 0 saturated carbocycles. The number of rotatable bonds is 5. The molecule has 0 radical (unpaired) electrons. The van der Waals surface area contributed by atoms with Crippen molar-refractivity contribution in [2.45, 2.75) is 20.8 Å². The van der Waals surface area contributed by atoms with E-state index in [0.29, 0.717) is 17.2 Å². The normalized spacial score (nSPS) is 12.5. The Kier molecular flexibility index (Phi) is 6.34. The van der Waals surface area contributed by atoms with Crippen molar-refractivity contribution in [3.05, 3.63) is 0 Å². The molecule has 0 atom stereocenters. The minimum Gasteiger partial charge on any atom is -0.300 e. The van der Waals surface area contributed by atoms with E-state index in [1.54, 1.807) is 0 Å². The molecule has 0 saturated heterocycles. The van der Waals surface area contributed by atoms with Crippen molar-refractivity contribution in [2.75, 3.05) is 31.4 Å². The number of hydrogen-bond donors (Lipinski definition) is 0. The molecular weight excluding hydrogens is 193 g/mol. The van der Waals surface area contributed by atoms with Gasteiger partial charge >= 0.3 is 0 Å². The zero-order valence-electron chi connectivity index (χ0n) is 8.24. The predicted octanol–water partition coefficient (Wildman–Crippen LogP) is 2.81. The smallest absolute Gasteiger partial charge is 0.0351 e. The summed E-state index contributed by atoms with van der Waals surface area (Å²) in [4.78, 5) is 2.31. The van der Waals surface area contributed by atoms with Gasteiger partial charge in [0.1, 0.15) is 0 Å². The van der Waals surface area contributed by atoms with E-state index in [-0.39, 0.29) is 0 Å². The molecular formula is C9H19Cl2N. The van der Waals surface area contributed by atoms with Crippen LogP contribution in [0.15, 0.2) is 0 Å². The number of halogens is 2. The van der Waals surface area contributed by atoms with Crippen LogP contribution in [0.4, 0.5) is 0 Å². The Morgan fingerprint density at radius 1 is 1.00 bits per heavy atom. The van der Waals surface area contributed by atoms with Crippen molar-refractivity contribution < 1.29 is 0 Å². The summed E-state index contributed by atoms with van der Waals surface area (Å²) >= 11 is 11.4. The van der Waals surface area contributed by atoms with Gasteiger partial charge in [-0.25, -0.2) is 0 Å². The fraction of sp³-hybridized carbons (Fsp3) is 1.00. The van der Waals surface area contributed by atoms with Crippen molar-refractivity contribution in [3.63, 3.8) is 0 Å². The topological polar surface area (TPSA) is 3.24 Å². The lowest BCUT2D eigenvalue weighted by Gasteiger charge is -2.28. The van der Waals surface area contributed by atoms with Gasteiger partial charge in [0.25, 0.3) is 0 Å². The van der Waals surface area contributed by atoms with Crippen molar-refractivity contribution >= 4 is 23.2 Å². The van der Waals surface area contributed by atoms with Gasteiger partial charge in [0.05, 0.1) is 0 Å². The van der Waals surface area contributed by atoms with Gasteiger partial charge in [0.2, 0.25) is 0 Å². The van der Waals surface area contributed by atoms with E-state index in [1.807, 2.05) is 0 Å². The van der Waals surface area contributed by atoms with Crippen LogP contribution in [0.5, 0.6) is 0 Å². The minimum absolute atomic E-state index is 0.331. The van der Waals surface area contributed by atoms with Crippen LogP contribution in [-0.4, -0.2) is 36.3 Å². The van der Waals surface area contributed by atoms with Crippen molar-refractivity contribution in [2.24, 2.45) is 5.41 Å². The lowest BCUT2D eigenvalue weighted by Crippen LogP contribution is -2.35. The van der Waals surface area contributed by atoms with Gasteiger partial charge in [-0.05, 0) is 5.41 Å². The molecule has 0 heterocycles. The van der Waals surface area contributed by atoms with E-state index in [9.17, 15) is 0 Å². The molecule has 0 aliphatic heterocycles. The first kappa shape index (κ1) is 12.5. The molecule has 0 aromatic rings. The van der Waals surface area contributed by atoms with E-state index < -0.39 is 0 Å². The van der Waals surface area contributed by atoms with E-state index >= 15 is 0 Å². The van der Waals surface area contributed by atoms with Crippen LogP contribution >= 0.6 is 23.2 Å². The predicted molar refractivity (Wildman–Crippen MR) is 57.3 cm³/mol. The first-order chi connectivity index (χ1) is 5.49. The molecule has 3 heteroatoms. The van der Waals surface area contributed by atoms with Crippen LogP contribution < -0.4 is 0 Å². The molecule has 12 heavy (non-hydrogen) atoms. The summed E-state index contributed by atoms with van der Waals surface area (Å²) in [6, 6.07) is 0. The Morgan fingerprint density at radius 3 is 1.67 bits per heavy atom. The highest BCUT2D eigenvalue weighted by Gasteiger charge is 2.15. The second kappa shape index (κ2) is 6.06. The molecule has 0 amide bonds. The van der Waals surface area contributed by atoms with Gasteiger partial charge in [-0.15, -0.1) is 23.2 Å². The molecule has 74 valence electrons. The van der Waals surface area contributed by atoms with Gasteiger partial charge < -0.3 is 4.90 Å². The maximum Gasteiger partial charge on any atom is 0.0351 e. The van der Waals surface area contributed by atoms with Crippen LogP contribution in [-0.2, 0) is 0 Å². The number of nitrogens with zero attached hydrogens (tertiary/aromatic N) is 1. The second-order valence-electron chi connectivity index (χ2n) is 4.21. The summed E-state index contributed by atoms with van der Waals surface area (Å²) < 4.78 is 0. The molecule has 0 aliphatic carbocycles. The fourth-order valence-electron chi connectivity index (χ4n) is 1.18. The Bertz CT molecular complexity index is 104. The Morgan fingerprint density at radius 2 is 1.42 bits per heavy atom. The average molecular weight is 212 g/mol. The number of hydrogen-bond acceptors (Lipinski definition) is 1. The average Bonchev–Trinajstić information content (AvgIpc) is 1.84. The van der Waals surface area contributed by atoms with Crippen molar-refractivity contribution in [1.29, 1.82) is 0 Å². The minimum atomic E-state index is 0.331. The first-order valence-corrected chi connectivity index (χ1v) is 5.41. The van der Waals surface area contributed by atoms with Crippen molar-refractivity contribution in [1.82, 2.24) is 4.90 Å². The third-order valence-electron chi connectivity index (χ3n) is 1.50. The third kappa shape index (κ3) is 7.20. The Labute approximate surface area is 86.0 Å². The van der Waals surface area contributed by atoms with E-state index in [4.69, 9.17) is 23.2 Å². The molecule has 1 nitrogen and oxygen atoms in total. The summed E-state index contributed by atoms with van der Waals surface area (Å²) in [6.45, 7) is 9.61. The zero-order valence-corrected chi connectivity index (χ0v) is 9.75. The SMILES string of the molecule is CC(C)(C)CN(CCCl)CCCl. The lowest BCUT2D eigenvalue weighted by molar-refractivity contribution is 0.210. The van der Waals surface area contributed by atoms with Gasteiger partial charge in [-0.1, -0.05) is 20.8 Å². The van der Waals surface area contributed by atoms with Crippen LogP contribution in [0.3, 0.4) is 0 Å². The molecule has 0 fully saturated rings. The maximum atomic E-state index is 5.68. The molecule has 0 aliphatic rings. The standard InChI is InChI=1S/C9H19Cl2N/c1-9(2,3)8-12(6-4-10)7-5-11/h4-8H2,1-3H3. The van der Waals surface area contributed by atoms with Crippen LogP contribution in [0, 0.1) is 5.41 Å². The fourth-order valence-corrected chi connectivity index (χ4v) is 1.66. The highest BCUT2D eigenvalue weighted by Crippen LogP contribution is 2.14. The first-order valence-electron chi connectivity index (χ1n) is 4.34. The van der Waals surface area contributed by atoms with Gasteiger partial charge in [-0.3, -0.25) is 0 Å². The quantitative estimate of drug-likeness (QED) is 0.633. The summed E-state index contributed by atoms with van der Waals surface area (Å²) in [6.07, 6.45) is 0. The van der Waals surface area contributed by atoms with E-state index in [0.717, 1.165) is 19.6 Å². The summed E-state index contributed by atoms with van der Waals surface area (Å²) in [5.41, 5.74) is 0.331. The molecule has 0 spiro atoms. The summed E-state index contributed by atoms with van der Waals surface area (Å²) in [7, 11) is 0. The molecule has 0 aromatic heterocycles. The highest BCUT2D eigenvalue weighted by molar-refractivity contribution is 6.18. The van der Waals surface area contributed by atoms with Gasteiger partial charge in [-0.2, -0.15) is 0 Å². The highest BCUT2D eigenvalue weighted by atomic mass is 35.5. The molecule has 0 rings (SSSR count). The van der Waals surface area contributed by atoms with Crippen LogP contribution in [0.1, 0.15) is 20.8 Å². The molecule has 0 aromatic carbocycles. The summed E-state index contributed by atoms with van der Waals surface area (Å²) in [5.74, 6) is 1.37. The second-order valence-corrected chi connectivity index (χ2v) is 4.97. The molecule has 0 N–H and O–H groups in total. The van der Waals surface area contributed by atoms with E-state index in [1.165, 1.54) is 0 Å². The van der Waals surface area contributed by atoms with Crippen LogP contribution in [0.25, 0.3) is 0 Å². The van der Waals surface area contributed by atoms with Gasteiger partial charge in [0, 0.05) is 31.4 Å². The summed E-state index contributed by atoms with van der Waals surface area (Å²) in [5, 5.41) is 0. The zero-order chi connectivity index (χ0) is 9.61. The number of alkyl halides is 2. The van der Waals surface area contributed by atoms with Crippen LogP contribution in [0.2, 0.25) is 0 Å². The molecule has 0 unspecified atom stereocenters. The third-order valence-corrected chi connectivity index (χ3v) is 1.84.